The molecule has 1 amide bonds. The number of ether oxygens (including phenoxy) is 1. The van der Waals surface area contributed by atoms with Crippen molar-refractivity contribution in [1.82, 2.24) is 4.90 Å². The zero-order valence-corrected chi connectivity index (χ0v) is 10.4. The van der Waals surface area contributed by atoms with E-state index in [1.807, 2.05) is 24.3 Å². The summed E-state index contributed by atoms with van der Waals surface area (Å²) in [6, 6.07) is 7.67. The zero-order chi connectivity index (χ0) is 13.2. The van der Waals surface area contributed by atoms with Crippen LogP contribution in [0.25, 0.3) is 0 Å². The molecular weight excluding hydrogens is 232 g/mol. The Labute approximate surface area is 106 Å². The van der Waals surface area contributed by atoms with Gasteiger partial charge in [-0.15, -0.1) is 0 Å². The number of hydrogen-bond acceptors (Lipinski definition) is 3. The highest BCUT2D eigenvalue weighted by Gasteiger charge is 2.33. The van der Waals surface area contributed by atoms with Crippen LogP contribution in [0, 0.1) is 0 Å². The number of hydrogen-bond donors (Lipinski definition) is 2. The van der Waals surface area contributed by atoms with Crippen molar-refractivity contribution in [1.29, 1.82) is 0 Å². The Bertz CT molecular complexity index is 422. The van der Waals surface area contributed by atoms with Gasteiger partial charge in [0, 0.05) is 18.6 Å². The van der Waals surface area contributed by atoms with E-state index in [-0.39, 0.29) is 0 Å². The second kappa shape index (κ2) is 4.86. The molecular formula is C13H18N2O3. The number of piperidine rings is 1. The molecule has 2 rings (SSSR count). The number of benzene rings is 1. The van der Waals surface area contributed by atoms with Crippen LogP contribution in [0.1, 0.15) is 18.4 Å². The maximum Gasteiger partial charge on any atom is 0.407 e. The molecule has 0 atom stereocenters. The minimum absolute atomic E-state index is 0.432. The van der Waals surface area contributed by atoms with Crippen LogP contribution in [-0.4, -0.2) is 36.3 Å². The molecule has 1 aliphatic rings. The van der Waals surface area contributed by atoms with E-state index in [4.69, 9.17) is 15.6 Å². The van der Waals surface area contributed by atoms with Gasteiger partial charge >= 0.3 is 6.09 Å². The van der Waals surface area contributed by atoms with Gasteiger partial charge in [-0.05, 0) is 30.5 Å². The largest absolute Gasteiger partial charge is 0.497 e. The van der Waals surface area contributed by atoms with Crippen LogP contribution >= 0.6 is 0 Å². The van der Waals surface area contributed by atoms with E-state index in [0.29, 0.717) is 25.9 Å². The van der Waals surface area contributed by atoms with Crippen LogP contribution in [-0.2, 0) is 5.54 Å². The summed E-state index contributed by atoms with van der Waals surface area (Å²) in [6.45, 7) is 0.968. The number of methoxy groups -OCH3 is 1. The summed E-state index contributed by atoms with van der Waals surface area (Å²) in [5, 5.41) is 8.92. The molecule has 98 valence electrons. The molecule has 0 aromatic heterocycles. The van der Waals surface area contributed by atoms with Gasteiger partial charge in [0.25, 0.3) is 0 Å². The molecule has 0 saturated carbocycles. The van der Waals surface area contributed by atoms with E-state index in [9.17, 15) is 4.79 Å². The van der Waals surface area contributed by atoms with E-state index >= 15 is 0 Å². The summed E-state index contributed by atoms with van der Waals surface area (Å²) in [7, 11) is 1.62. The molecule has 1 aromatic rings. The second-order valence-corrected chi connectivity index (χ2v) is 4.65. The van der Waals surface area contributed by atoms with Crippen LogP contribution in [0.3, 0.4) is 0 Å². The summed E-state index contributed by atoms with van der Waals surface area (Å²) >= 11 is 0. The molecule has 18 heavy (non-hydrogen) atoms. The Kier molecular flexibility index (Phi) is 3.43. The van der Waals surface area contributed by atoms with E-state index in [2.05, 4.69) is 0 Å². The first-order valence-electron chi connectivity index (χ1n) is 5.96. The van der Waals surface area contributed by atoms with Crippen molar-refractivity contribution in [2.24, 2.45) is 5.73 Å². The predicted molar refractivity (Wildman–Crippen MR) is 67.7 cm³/mol. The number of carbonyl (C=O) groups is 1. The highest BCUT2D eigenvalue weighted by Crippen LogP contribution is 2.31. The number of carboxylic acid groups (broad SMARTS) is 1. The van der Waals surface area contributed by atoms with Crippen molar-refractivity contribution in [2.75, 3.05) is 20.2 Å². The Balaban J connectivity index is 2.10. The van der Waals surface area contributed by atoms with Gasteiger partial charge in [0.2, 0.25) is 0 Å². The van der Waals surface area contributed by atoms with Crippen LogP contribution < -0.4 is 10.5 Å². The van der Waals surface area contributed by atoms with Crippen LogP contribution in [0.2, 0.25) is 0 Å². The maximum absolute atomic E-state index is 10.9. The van der Waals surface area contributed by atoms with Gasteiger partial charge in [-0.2, -0.15) is 0 Å². The summed E-state index contributed by atoms with van der Waals surface area (Å²) in [5.41, 5.74) is 6.98. The summed E-state index contributed by atoms with van der Waals surface area (Å²) in [5.74, 6) is 0.797. The van der Waals surface area contributed by atoms with Crippen molar-refractivity contribution in [3.8, 4) is 5.75 Å². The number of nitrogens with zero attached hydrogens (tertiary/aromatic N) is 1. The second-order valence-electron chi connectivity index (χ2n) is 4.65. The highest BCUT2D eigenvalue weighted by atomic mass is 16.5. The van der Waals surface area contributed by atoms with E-state index in [1.165, 1.54) is 4.90 Å². The number of rotatable bonds is 2. The molecule has 0 unspecified atom stereocenters. The fourth-order valence-electron chi connectivity index (χ4n) is 2.31. The van der Waals surface area contributed by atoms with Crippen LogP contribution in [0.4, 0.5) is 4.79 Å². The first-order chi connectivity index (χ1) is 8.55. The van der Waals surface area contributed by atoms with Gasteiger partial charge in [0.05, 0.1) is 7.11 Å². The number of amides is 1. The van der Waals surface area contributed by atoms with Crippen molar-refractivity contribution in [3.63, 3.8) is 0 Å². The Morgan fingerprint density at radius 3 is 2.33 bits per heavy atom. The fraction of sp³-hybridized carbons (Fsp3) is 0.462. The number of likely N-dealkylation sites (tertiary alicyclic amines) is 1. The molecule has 1 fully saturated rings. The van der Waals surface area contributed by atoms with E-state index in [1.54, 1.807) is 7.11 Å². The van der Waals surface area contributed by atoms with Crippen molar-refractivity contribution in [3.05, 3.63) is 29.8 Å². The lowest BCUT2D eigenvalue weighted by molar-refractivity contribution is 0.117. The minimum Gasteiger partial charge on any atom is -0.497 e. The molecule has 0 aliphatic carbocycles. The highest BCUT2D eigenvalue weighted by molar-refractivity contribution is 5.65. The predicted octanol–water partition coefficient (Wildman–Crippen LogP) is 1.62. The van der Waals surface area contributed by atoms with Crippen molar-refractivity contribution < 1.29 is 14.6 Å². The summed E-state index contributed by atoms with van der Waals surface area (Å²) in [4.78, 5) is 12.3. The SMILES string of the molecule is COc1ccc(C2(N)CCN(C(=O)O)CC2)cc1. The molecule has 1 heterocycles. The molecule has 3 N–H and O–H groups in total. The molecule has 5 nitrogen and oxygen atoms in total. The first-order valence-corrected chi connectivity index (χ1v) is 5.96. The lowest BCUT2D eigenvalue weighted by Crippen LogP contribution is -2.49. The molecule has 1 aliphatic heterocycles. The number of nitrogens with two attached hydrogens (primary N) is 1. The van der Waals surface area contributed by atoms with Gasteiger partial charge in [-0.3, -0.25) is 0 Å². The smallest absolute Gasteiger partial charge is 0.407 e. The molecule has 0 bridgehead atoms. The maximum atomic E-state index is 10.9. The Morgan fingerprint density at radius 2 is 1.89 bits per heavy atom. The third-order valence-corrected chi connectivity index (χ3v) is 3.59. The van der Waals surface area contributed by atoms with Crippen LogP contribution in [0.5, 0.6) is 5.75 Å². The standard InChI is InChI=1S/C13H18N2O3/c1-18-11-4-2-10(3-5-11)13(14)6-8-15(9-7-13)12(16)17/h2-5H,6-9,14H2,1H3,(H,16,17). The van der Waals surface area contributed by atoms with Crippen LogP contribution in [0.15, 0.2) is 24.3 Å². The Hall–Kier alpha value is -1.75. The van der Waals surface area contributed by atoms with E-state index in [0.717, 1.165) is 11.3 Å². The van der Waals surface area contributed by atoms with Crippen molar-refractivity contribution in [2.45, 2.75) is 18.4 Å². The molecule has 1 saturated heterocycles. The third-order valence-electron chi connectivity index (χ3n) is 3.59. The zero-order valence-electron chi connectivity index (χ0n) is 10.4. The third kappa shape index (κ3) is 2.41. The van der Waals surface area contributed by atoms with Crippen molar-refractivity contribution >= 4 is 6.09 Å². The molecule has 1 aromatic carbocycles. The monoisotopic (exact) mass is 250 g/mol. The topological polar surface area (TPSA) is 75.8 Å². The lowest BCUT2D eigenvalue weighted by atomic mass is 9.82. The normalized spacial score (nSPS) is 18.4. The summed E-state index contributed by atoms with van der Waals surface area (Å²) < 4.78 is 5.11. The quantitative estimate of drug-likeness (QED) is 0.836. The van der Waals surface area contributed by atoms with Gasteiger partial charge in [-0.25, -0.2) is 4.79 Å². The molecule has 0 radical (unpaired) electrons. The first kappa shape index (κ1) is 12.7. The average Bonchev–Trinajstić information content (AvgIpc) is 2.39. The lowest BCUT2D eigenvalue weighted by Gasteiger charge is -2.38. The van der Waals surface area contributed by atoms with Gasteiger partial charge in [0.15, 0.2) is 0 Å². The Morgan fingerprint density at radius 1 is 1.33 bits per heavy atom. The van der Waals surface area contributed by atoms with E-state index < -0.39 is 11.6 Å². The van der Waals surface area contributed by atoms with Gasteiger partial charge in [-0.1, -0.05) is 12.1 Å². The minimum atomic E-state index is -0.869. The fourth-order valence-corrected chi connectivity index (χ4v) is 2.31. The average molecular weight is 250 g/mol. The molecule has 5 heteroatoms. The summed E-state index contributed by atoms with van der Waals surface area (Å²) in [6.07, 6.45) is 0.420. The van der Waals surface area contributed by atoms with Gasteiger partial charge in [0.1, 0.15) is 5.75 Å². The molecule has 0 spiro atoms. The van der Waals surface area contributed by atoms with Gasteiger partial charge < -0.3 is 20.5 Å².